The normalized spacial score (nSPS) is 12.9. The molecular weight excluding hydrogens is 212 g/mol. The lowest BCUT2D eigenvalue weighted by atomic mass is 10.2. The lowest BCUT2D eigenvalue weighted by Crippen LogP contribution is -2.30. The lowest BCUT2D eigenvalue weighted by molar-refractivity contribution is 0.391. The minimum absolute atomic E-state index is 0.0531. The summed E-state index contributed by atoms with van der Waals surface area (Å²) in [6.45, 7) is 2.54. The number of nitrogen functional groups attached to an aromatic ring is 1. The predicted octanol–water partition coefficient (Wildman–Crippen LogP) is 1.91. The summed E-state index contributed by atoms with van der Waals surface area (Å²) in [7, 11) is 3.79. The van der Waals surface area contributed by atoms with Gasteiger partial charge in [-0.2, -0.15) is 0 Å². The molecule has 1 aromatic carbocycles. The van der Waals surface area contributed by atoms with Gasteiger partial charge in [0.15, 0.2) is 11.6 Å². The molecule has 5 heteroatoms. The first kappa shape index (κ1) is 12.7. The van der Waals surface area contributed by atoms with Crippen molar-refractivity contribution in [2.75, 3.05) is 31.7 Å². The minimum Gasteiger partial charge on any atom is -0.399 e. The van der Waals surface area contributed by atoms with E-state index in [9.17, 15) is 8.78 Å². The Morgan fingerprint density at radius 1 is 1.31 bits per heavy atom. The SMILES string of the molecule is CC(CN(C)C)Nc1c(F)cc(N)cc1F. The number of nitrogens with two attached hydrogens (primary N) is 1. The third-order valence-electron chi connectivity index (χ3n) is 2.09. The maximum absolute atomic E-state index is 13.4. The van der Waals surface area contributed by atoms with Crippen LogP contribution in [0.4, 0.5) is 20.2 Å². The standard InChI is InChI=1S/C11H17F2N3/c1-7(6-16(2)3)15-11-9(12)4-8(14)5-10(11)13/h4-5,7,15H,6,14H2,1-3H3. The first-order valence-electron chi connectivity index (χ1n) is 5.06. The summed E-state index contributed by atoms with van der Waals surface area (Å²) in [5.41, 5.74) is 5.29. The summed E-state index contributed by atoms with van der Waals surface area (Å²) >= 11 is 0. The number of hydrogen-bond acceptors (Lipinski definition) is 3. The number of nitrogens with zero attached hydrogens (tertiary/aromatic N) is 1. The molecule has 0 aliphatic rings. The van der Waals surface area contributed by atoms with Gasteiger partial charge >= 0.3 is 0 Å². The van der Waals surface area contributed by atoms with Crippen LogP contribution >= 0.6 is 0 Å². The largest absolute Gasteiger partial charge is 0.399 e. The molecular formula is C11H17F2N3. The molecule has 1 aromatic rings. The third kappa shape index (κ3) is 3.34. The van der Waals surface area contributed by atoms with Crippen molar-refractivity contribution < 1.29 is 8.78 Å². The van der Waals surface area contributed by atoms with Crippen LogP contribution in [-0.4, -0.2) is 31.6 Å². The number of likely N-dealkylation sites (N-methyl/N-ethyl adjacent to an activating group) is 1. The molecule has 3 N–H and O–H groups in total. The van der Waals surface area contributed by atoms with Crippen LogP contribution in [0.2, 0.25) is 0 Å². The second kappa shape index (κ2) is 5.12. The Bertz CT molecular complexity index is 343. The monoisotopic (exact) mass is 229 g/mol. The Kier molecular flexibility index (Phi) is 4.06. The van der Waals surface area contributed by atoms with Crippen molar-refractivity contribution in [3.8, 4) is 0 Å². The first-order chi connectivity index (χ1) is 7.40. The van der Waals surface area contributed by atoms with Gasteiger partial charge in [-0.3, -0.25) is 0 Å². The van der Waals surface area contributed by atoms with Gasteiger partial charge < -0.3 is 16.0 Å². The number of benzene rings is 1. The van der Waals surface area contributed by atoms with E-state index in [2.05, 4.69) is 5.32 Å². The fourth-order valence-electron chi connectivity index (χ4n) is 1.57. The predicted molar refractivity (Wildman–Crippen MR) is 62.4 cm³/mol. The Morgan fingerprint density at radius 3 is 2.25 bits per heavy atom. The highest BCUT2D eigenvalue weighted by Gasteiger charge is 2.13. The van der Waals surface area contributed by atoms with Crippen LogP contribution in [0.3, 0.4) is 0 Å². The molecule has 0 saturated carbocycles. The fraction of sp³-hybridized carbons (Fsp3) is 0.455. The molecule has 0 aliphatic carbocycles. The van der Waals surface area contributed by atoms with Gasteiger partial charge in [0, 0.05) is 18.3 Å². The summed E-state index contributed by atoms with van der Waals surface area (Å²) in [6, 6.07) is 2.16. The zero-order valence-electron chi connectivity index (χ0n) is 9.72. The van der Waals surface area contributed by atoms with Gasteiger partial charge in [-0.15, -0.1) is 0 Å². The topological polar surface area (TPSA) is 41.3 Å². The van der Waals surface area contributed by atoms with Gasteiger partial charge in [0.25, 0.3) is 0 Å². The smallest absolute Gasteiger partial charge is 0.151 e. The Labute approximate surface area is 94.2 Å². The molecule has 0 saturated heterocycles. The van der Waals surface area contributed by atoms with Crippen molar-refractivity contribution in [1.82, 2.24) is 4.90 Å². The van der Waals surface area contributed by atoms with Crippen molar-refractivity contribution in [2.45, 2.75) is 13.0 Å². The van der Waals surface area contributed by atoms with E-state index in [1.165, 1.54) is 0 Å². The molecule has 0 spiro atoms. The molecule has 0 bridgehead atoms. The van der Waals surface area contributed by atoms with E-state index in [0.29, 0.717) is 6.54 Å². The Hall–Kier alpha value is -1.36. The summed E-state index contributed by atoms with van der Waals surface area (Å²) in [5, 5.41) is 2.79. The number of rotatable bonds is 4. The van der Waals surface area contributed by atoms with E-state index in [0.717, 1.165) is 12.1 Å². The molecule has 0 radical (unpaired) electrons. The minimum atomic E-state index is -0.664. The van der Waals surface area contributed by atoms with Crippen molar-refractivity contribution >= 4 is 11.4 Å². The van der Waals surface area contributed by atoms with Crippen LogP contribution in [0.5, 0.6) is 0 Å². The Balaban J connectivity index is 2.81. The van der Waals surface area contributed by atoms with E-state index >= 15 is 0 Å². The van der Waals surface area contributed by atoms with Gasteiger partial charge in [0.1, 0.15) is 5.69 Å². The van der Waals surface area contributed by atoms with Gasteiger partial charge in [0.05, 0.1) is 0 Å². The van der Waals surface area contributed by atoms with Crippen LogP contribution in [-0.2, 0) is 0 Å². The van der Waals surface area contributed by atoms with Crippen LogP contribution in [0.15, 0.2) is 12.1 Å². The molecule has 0 aromatic heterocycles. The van der Waals surface area contributed by atoms with Crippen LogP contribution in [0.25, 0.3) is 0 Å². The molecule has 1 rings (SSSR count). The highest BCUT2D eigenvalue weighted by molar-refractivity contribution is 5.54. The van der Waals surface area contributed by atoms with Crippen molar-refractivity contribution in [2.24, 2.45) is 0 Å². The second-order valence-electron chi connectivity index (χ2n) is 4.17. The molecule has 0 heterocycles. The van der Waals surface area contributed by atoms with Crippen LogP contribution in [0, 0.1) is 11.6 Å². The van der Waals surface area contributed by atoms with Crippen LogP contribution < -0.4 is 11.1 Å². The molecule has 0 amide bonds. The van der Waals surface area contributed by atoms with Crippen molar-refractivity contribution in [3.05, 3.63) is 23.8 Å². The number of halogens is 2. The average molecular weight is 229 g/mol. The van der Waals surface area contributed by atoms with Gasteiger partial charge in [0.2, 0.25) is 0 Å². The van der Waals surface area contributed by atoms with Crippen LogP contribution in [0.1, 0.15) is 6.92 Å². The lowest BCUT2D eigenvalue weighted by Gasteiger charge is -2.20. The quantitative estimate of drug-likeness (QED) is 0.775. The zero-order valence-corrected chi connectivity index (χ0v) is 9.72. The molecule has 0 fully saturated rings. The van der Waals surface area contributed by atoms with E-state index < -0.39 is 11.6 Å². The molecule has 1 atom stereocenters. The molecule has 3 nitrogen and oxygen atoms in total. The maximum Gasteiger partial charge on any atom is 0.151 e. The summed E-state index contributed by atoms with van der Waals surface area (Å²) in [6.07, 6.45) is 0. The van der Waals surface area contributed by atoms with Crippen molar-refractivity contribution in [1.29, 1.82) is 0 Å². The maximum atomic E-state index is 13.4. The summed E-state index contributed by atoms with van der Waals surface area (Å²) < 4.78 is 26.8. The fourth-order valence-corrected chi connectivity index (χ4v) is 1.57. The molecule has 1 unspecified atom stereocenters. The van der Waals surface area contributed by atoms with E-state index in [4.69, 9.17) is 5.73 Å². The highest BCUT2D eigenvalue weighted by atomic mass is 19.1. The first-order valence-corrected chi connectivity index (χ1v) is 5.06. The zero-order chi connectivity index (χ0) is 12.3. The average Bonchev–Trinajstić information content (AvgIpc) is 2.09. The molecule has 90 valence electrons. The van der Waals surface area contributed by atoms with E-state index in [-0.39, 0.29) is 17.4 Å². The Morgan fingerprint density at radius 2 is 1.81 bits per heavy atom. The number of anilines is 2. The van der Waals surface area contributed by atoms with E-state index in [1.807, 2.05) is 25.9 Å². The molecule has 16 heavy (non-hydrogen) atoms. The summed E-state index contributed by atoms with van der Waals surface area (Å²) in [4.78, 5) is 1.94. The molecule has 0 aliphatic heterocycles. The van der Waals surface area contributed by atoms with Crippen molar-refractivity contribution in [3.63, 3.8) is 0 Å². The summed E-state index contributed by atoms with van der Waals surface area (Å²) in [5.74, 6) is -1.33. The second-order valence-corrected chi connectivity index (χ2v) is 4.17. The number of nitrogens with one attached hydrogen (secondary N) is 1. The van der Waals surface area contributed by atoms with Gasteiger partial charge in [-0.05, 0) is 33.2 Å². The van der Waals surface area contributed by atoms with Gasteiger partial charge in [-0.1, -0.05) is 0 Å². The van der Waals surface area contributed by atoms with Gasteiger partial charge in [-0.25, -0.2) is 8.78 Å². The number of hydrogen-bond donors (Lipinski definition) is 2. The highest BCUT2D eigenvalue weighted by Crippen LogP contribution is 2.22. The third-order valence-corrected chi connectivity index (χ3v) is 2.09. The van der Waals surface area contributed by atoms with E-state index in [1.54, 1.807) is 0 Å².